The molecule has 2 aromatic rings. The molecule has 1 aromatic carbocycles. The van der Waals surface area contributed by atoms with Crippen LogP contribution in [0.4, 0.5) is 0 Å². The minimum absolute atomic E-state index is 0.0257. The lowest BCUT2D eigenvalue weighted by Crippen LogP contribution is -2.30. The maximum atomic E-state index is 5.69. The number of nitrogens with two attached hydrogens (primary N) is 1. The van der Waals surface area contributed by atoms with Crippen LogP contribution in [0.3, 0.4) is 0 Å². The molecule has 100 valence electrons. The molecule has 2 rings (SSSR count). The molecule has 0 aliphatic rings. The third kappa shape index (κ3) is 4.22. The molecule has 0 radical (unpaired) electrons. The van der Waals surface area contributed by atoms with Crippen LogP contribution in [0.5, 0.6) is 0 Å². The van der Waals surface area contributed by atoms with E-state index >= 15 is 0 Å². The average Bonchev–Trinajstić information content (AvgIpc) is 2.41. The number of benzene rings is 1. The number of nitrogens with zero attached hydrogens (tertiary/aromatic N) is 1. The maximum Gasteiger partial charge on any atom is 0.0526 e. The summed E-state index contributed by atoms with van der Waals surface area (Å²) in [6.45, 7) is 0. The summed E-state index contributed by atoms with van der Waals surface area (Å²) in [5.74, 6) is 5.69. The SMILES string of the molecule is NNC(Cc1ccc(Br)cn1)c1cc(I)ccc1Br. The van der Waals surface area contributed by atoms with Gasteiger partial charge in [-0.05, 0) is 74.4 Å². The van der Waals surface area contributed by atoms with E-state index in [0.29, 0.717) is 0 Å². The molecular weight excluding hydrogens is 485 g/mol. The van der Waals surface area contributed by atoms with E-state index in [9.17, 15) is 0 Å². The number of aromatic nitrogens is 1. The molecule has 0 bridgehead atoms. The van der Waals surface area contributed by atoms with Gasteiger partial charge in [-0.2, -0.15) is 0 Å². The standard InChI is InChI=1S/C13H12Br2IN3/c14-8-1-3-10(18-7-8)6-13(19-17)11-5-9(16)2-4-12(11)15/h1-5,7,13,19H,6,17H2. The second-order valence-corrected chi connectivity index (χ2v) is 7.07. The van der Waals surface area contributed by atoms with Crippen molar-refractivity contribution in [2.75, 3.05) is 0 Å². The van der Waals surface area contributed by atoms with Crippen molar-refractivity contribution in [3.63, 3.8) is 0 Å². The average molecular weight is 497 g/mol. The fourth-order valence-electron chi connectivity index (χ4n) is 1.78. The second-order valence-electron chi connectivity index (χ2n) is 4.06. The van der Waals surface area contributed by atoms with Crippen molar-refractivity contribution in [3.8, 4) is 0 Å². The van der Waals surface area contributed by atoms with Gasteiger partial charge in [-0.3, -0.25) is 16.3 Å². The number of nitrogens with one attached hydrogen (secondary N) is 1. The van der Waals surface area contributed by atoms with Gasteiger partial charge in [0.05, 0.1) is 6.04 Å². The van der Waals surface area contributed by atoms with Crippen LogP contribution in [0.1, 0.15) is 17.3 Å². The summed E-state index contributed by atoms with van der Waals surface area (Å²) in [6.07, 6.45) is 2.54. The lowest BCUT2D eigenvalue weighted by Gasteiger charge is -2.18. The molecule has 0 fully saturated rings. The van der Waals surface area contributed by atoms with Crippen molar-refractivity contribution in [3.05, 3.63) is 60.3 Å². The molecule has 1 atom stereocenters. The zero-order valence-electron chi connectivity index (χ0n) is 9.91. The summed E-state index contributed by atoms with van der Waals surface area (Å²) < 4.78 is 3.21. The lowest BCUT2D eigenvalue weighted by atomic mass is 10.0. The molecule has 3 N–H and O–H groups in total. The molecule has 0 saturated carbocycles. The van der Waals surface area contributed by atoms with Crippen LogP contribution in [-0.4, -0.2) is 4.98 Å². The van der Waals surface area contributed by atoms with Gasteiger partial charge in [0.15, 0.2) is 0 Å². The highest BCUT2D eigenvalue weighted by atomic mass is 127. The first kappa shape index (κ1) is 15.4. The first-order valence-corrected chi connectivity index (χ1v) is 8.28. The largest absolute Gasteiger partial charge is 0.271 e. The molecule has 1 aromatic heterocycles. The van der Waals surface area contributed by atoms with Gasteiger partial charge in [0.25, 0.3) is 0 Å². The summed E-state index contributed by atoms with van der Waals surface area (Å²) >= 11 is 9.25. The molecular formula is C13H12Br2IN3. The van der Waals surface area contributed by atoms with E-state index in [-0.39, 0.29) is 6.04 Å². The normalized spacial score (nSPS) is 12.4. The predicted molar refractivity (Wildman–Crippen MR) is 92.6 cm³/mol. The van der Waals surface area contributed by atoms with E-state index in [1.807, 2.05) is 18.2 Å². The van der Waals surface area contributed by atoms with Crippen molar-refractivity contribution in [2.24, 2.45) is 5.84 Å². The Labute approximate surface area is 142 Å². The van der Waals surface area contributed by atoms with Crippen LogP contribution in [0.2, 0.25) is 0 Å². The number of hydrogen-bond donors (Lipinski definition) is 2. The van der Waals surface area contributed by atoms with Gasteiger partial charge < -0.3 is 0 Å². The highest BCUT2D eigenvalue weighted by molar-refractivity contribution is 14.1. The second kappa shape index (κ2) is 7.12. The van der Waals surface area contributed by atoms with Crippen molar-refractivity contribution >= 4 is 54.5 Å². The minimum atomic E-state index is 0.0257. The monoisotopic (exact) mass is 495 g/mol. The number of rotatable bonds is 4. The number of hydrogen-bond acceptors (Lipinski definition) is 3. The Morgan fingerprint density at radius 2 is 2.05 bits per heavy atom. The van der Waals surface area contributed by atoms with Crippen LogP contribution < -0.4 is 11.3 Å². The third-order valence-corrected chi connectivity index (χ3v) is 4.60. The third-order valence-electron chi connectivity index (χ3n) is 2.74. The van der Waals surface area contributed by atoms with E-state index in [1.165, 1.54) is 3.57 Å². The summed E-state index contributed by atoms with van der Waals surface area (Å²) in [7, 11) is 0. The Hall–Kier alpha value is -0.0200. The Bertz CT molecular complexity index is 560. The zero-order valence-corrected chi connectivity index (χ0v) is 15.2. The quantitative estimate of drug-likeness (QED) is 0.383. The lowest BCUT2D eigenvalue weighted by molar-refractivity contribution is 0.543. The van der Waals surface area contributed by atoms with Crippen molar-refractivity contribution < 1.29 is 0 Å². The van der Waals surface area contributed by atoms with Gasteiger partial charge in [0.1, 0.15) is 0 Å². The summed E-state index contributed by atoms with van der Waals surface area (Å²) in [5.41, 5.74) is 5.00. The van der Waals surface area contributed by atoms with Gasteiger partial charge in [0.2, 0.25) is 0 Å². The fraction of sp³-hybridized carbons (Fsp3) is 0.154. The van der Waals surface area contributed by atoms with E-state index < -0.39 is 0 Å². The highest BCUT2D eigenvalue weighted by Gasteiger charge is 2.14. The molecule has 0 aliphatic carbocycles. The van der Waals surface area contributed by atoms with Crippen molar-refractivity contribution in [2.45, 2.75) is 12.5 Å². The molecule has 6 heteroatoms. The van der Waals surface area contributed by atoms with E-state index in [4.69, 9.17) is 5.84 Å². The molecule has 0 aliphatic heterocycles. The van der Waals surface area contributed by atoms with Crippen LogP contribution in [-0.2, 0) is 6.42 Å². The Balaban J connectivity index is 2.24. The van der Waals surface area contributed by atoms with E-state index in [0.717, 1.165) is 26.6 Å². The van der Waals surface area contributed by atoms with E-state index in [1.54, 1.807) is 6.20 Å². The molecule has 0 amide bonds. The summed E-state index contributed by atoms with van der Waals surface area (Å²) in [6, 6.07) is 10.2. The first-order chi connectivity index (χ1) is 9.10. The molecule has 3 nitrogen and oxygen atoms in total. The smallest absolute Gasteiger partial charge is 0.0526 e. The van der Waals surface area contributed by atoms with Gasteiger partial charge in [0, 0.05) is 30.8 Å². The molecule has 0 saturated heterocycles. The Kier molecular flexibility index (Phi) is 5.76. The molecule has 0 spiro atoms. The fourth-order valence-corrected chi connectivity index (χ4v) is 3.05. The van der Waals surface area contributed by atoms with Gasteiger partial charge >= 0.3 is 0 Å². The van der Waals surface area contributed by atoms with Crippen LogP contribution in [0.15, 0.2) is 45.5 Å². The first-order valence-electron chi connectivity index (χ1n) is 5.61. The molecule has 1 unspecified atom stereocenters. The van der Waals surface area contributed by atoms with Crippen molar-refractivity contribution in [1.82, 2.24) is 10.4 Å². The number of pyridine rings is 1. The Morgan fingerprint density at radius 1 is 1.26 bits per heavy atom. The summed E-state index contributed by atoms with van der Waals surface area (Å²) in [5, 5.41) is 0. The molecule has 1 heterocycles. The highest BCUT2D eigenvalue weighted by Crippen LogP contribution is 2.27. The van der Waals surface area contributed by atoms with E-state index in [2.05, 4.69) is 77.0 Å². The van der Waals surface area contributed by atoms with Gasteiger partial charge in [-0.1, -0.05) is 15.9 Å². The Morgan fingerprint density at radius 3 is 2.68 bits per heavy atom. The van der Waals surface area contributed by atoms with Crippen LogP contribution in [0.25, 0.3) is 0 Å². The topological polar surface area (TPSA) is 50.9 Å². The van der Waals surface area contributed by atoms with Crippen LogP contribution in [0, 0.1) is 3.57 Å². The minimum Gasteiger partial charge on any atom is -0.271 e. The van der Waals surface area contributed by atoms with Gasteiger partial charge in [-0.25, -0.2) is 0 Å². The van der Waals surface area contributed by atoms with Gasteiger partial charge in [-0.15, -0.1) is 0 Å². The molecule has 19 heavy (non-hydrogen) atoms. The van der Waals surface area contributed by atoms with Crippen molar-refractivity contribution in [1.29, 1.82) is 0 Å². The zero-order chi connectivity index (χ0) is 13.8. The summed E-state index contributed by atoms with van der Waals surface area (Å²) in [4.78, 5) is 4.38. The predicted octanol–water partition coefficient (Wildman–Crippen LogP) is 3.96. The number of hydrazine groups is 1. The van der Waals surface area contributed by atoms with Crippen LogP contribution >= 0.6 is 54.5 Å². The number of halogens is 3. The maximum absolute atomic E-state index is 5.69.